The average Bonchev–Trinajstić information content (AvgIpc) is 2.35. The molecule has 0 spiro atoms. The van der Waals surface area contributed by atoms with Crippen LogP contribution in [0.25, 0.3) is 0 Å². The lowest BCUT2D eigenvalue weighted by molar-refractivity contribution is 0.304. The van der Waals surface area contributed by atoms with Gasteiger partial charge in [-0.1, -0.05) is 13.8 Å². The zero-order chi connectivity index (χ0) is 13.0. The molecule has 1 saturated heterocycles. The molecule has 2 heterocycles. The van der Waals surface area contributed by atoms with E-state index in [1.165, 1.54) is 0 Å². The van der Waals surface area contributed by atoms with Crippen LogP contribution in [0, 0.1) is 5.92 Å². The molecule has 1 aliphatic rings. The fourth-order valence-electron chi connectivity index (χ4n) is 2.33. The second-order valence-corrected chi connectivity index (χ2v) is 5.05. The molecule has 2 rings (SSSR count). The molecule has 2 atom stereocenters. The van der Waals surface area contributed by atoms with E-state index in [2.05, 4.69) is 28.7 Å². The first kappa shape index (κ1) is 13.1. The Morgan fingerprint density at radius 2 is 2.33 bits per heavy atom. The summed E-state index contributed by atoms with van der Waals surface area (Å²) in [5.74, 6) is 1.96. The van der Waals surface area contributed by atoms with Gasteiger partial charge in [-0.05, 0) is 18.8 Å². The number of piperidine rings is 1. The zero-order valence-corrected chi connectivity index (χ0v) is 11.2. The van der Waals surface area contributed by atoms with Crippen LogP contribution in [0.3, 0.4) is 0 Å². The molecule has 0 aromatic carbocycles. The van der Waals surface area contributed by atoms with E-state index in [0.29, 0.717) is 18.4 Å². The maximum atomic E-state index is 6.04. The third kappa shape index (κ3) is 3.32. The smallest absolute Gasteiger partial charge is 0.228 e. The number of anilines is 1. The van der Waals surface area contributed by atoms with Crippen molar-refractivity contribution in [3.8, 4) is 5.88 Å². The summed E-state index contributed by atoms with van der Waals surface area (Å²) < 4.78 is 5.53. The minimum Gasteiger partial charge on any atom is -0.478 e. The predicted molar refractivity (Wildman–Crippen MR) is 71.8 cm³/mol. The number of nitrogens with two attached hydrogens (primary N) is 1. The first-order valence-corrected chi connectivity index (χ1v) is 6.65. The lowest BCUT2D eigenvalue weighted by Gasteiger charge is -2.34. The SMILES string of the molecule is CCCOc1ccnc(N2CC(C)CC(N)C2)n1. The number of aromatic nitrogens is 2. The van der Waals surface area contributed by atoms with Crippen LogP contribution in [0.2, 0.25) is 0 Å². The highest BCUT2D eigenvalue weighted by Gasteiger charge is 2.24. The Morgan fingerprint density at radius 1 is 1.50 bits per heavy atom. The van der Waals surface area contributed by atoms with Crippen molar-refractivity contribution in [2.45, 2.75) is 32.7 Å². The summed E-state index contributed by atoms with van der Waals surface area (Å²) in [6.45, 7) is 6.76. The maximum Gasteiger partial charge on any atom is 0.228 e. The normalized spacial score (nSPS) is 24.1. The molecule has 100 valence electrons. The molecule has 0 bridgehead atoms. The minimum atomic E-state index is 0.206. The molecule has 5 nitrogen and oxygen atoms in total. The van der Waals surface area contributed by atoms with Gasteiger partial charge < -0.3 is 15.4 Å². The van der Waals surface area contributed by atoms with Gasteiger partial charge in [0.15, 0.2) is 0 Å². The van der Waals surface area contributed by atoms with Crippen molar-refractivity contribution >= 4 is 5.95 Å². The quantitative estimate of drug-likeness (QED) is 0.876. The first-order valence-electron chi connectivity index (χ1n) is 6.65. The van der Waals surface area contributed by atoms with E-state index in [1.54, 1.807) is 12.3 Å². The summed E-state index contributed by atoms with van der Waals surface area (Å²) >= 11 is 0. The molecule has 1 aromatic rings. The highest BCUT2D eigenvalue weighted by Crippen LogP contribution is 2.20. The number of ether oxygens (including phenoxy) is 1. The molecule has 2 unspecified atom stereocenters. The fourth-order valence-corrected chi connectivity index (χ4v) is 2.33. The summed E-state index contributed by atoms with van der Waals surface area (Å²) in [5.41, 5.74) is 6.04. The van der Waals surface area contributed by atoms with Crippen molar-refractivity contribution in [2.24, 2.45) is 11.7 Å². The van der Waals surface area contributed by atoms with Crippen molar-refractivity contribution in [3.63, 3.8) is 0 Å². The van der Waals surface area contributed by atoms with Gasteiger partial charge in [0.25, 0.3) is 0 Å². The third-order valence-electron chi connectivity index (χ3n) is 3.05. The van der Waals surface area contributed by atoms with Gasteiger partial charge in [-0.3, -0.25) is 0 Å². The van der Waals surface area contributed by atoms with E-state index in [1.807, 2.05) is 0 Å². The summed E-state index contributed by atoms with van der Waals surface area (Å²) in [6.07, 6.45) is 3.80. The third-order valence-corrected chi connectivity index (χ3v) is 3.05. The Hall–Kier alpha value is -1.36. The molecular weight excluding hydrogens is 228 g/mol. The zero-order valence-electron chi connectivity index (χ0n) is 11.2. The molecule has 0 saturated carbocycles. The standard InChI is InChI=1S/C13H22N4O/c1-3-6-18-12-4-5-15-13(16-12)17-8-10(2)7-11(14)9-17/h4-5,10-11H,3,6-9,14H2,1-2H3. The second kappa shape index (κ2) is 6.00. The largest absolute Gasteiger partial charge is 0.478 e. The summed E-state index contributed by atoms with van der Waals surface area (Å²) in [7, 11) is 0. The van der Waals surface area contributed by atoms with E-state index < -0.39 is 0 Å². The Labute approximate surface area is 108 Å². The van der Waals surface area contributed by atoms with E-state index in [0.717, 1.165) is 31.9 Å². The van der Waals surface area contributed by atoms with Gasteiger partial charge >= 0.3 is 0 Å². The van der Waals surface area contributed by atoms with Crippen molar-refractivity contribution in [3.05, 3.63) is 12.3 Å². The topological polar surface area (TPSA) is 64.3 Å². The van der Waals surface area contributed by atoms with Gasteiger partial charge in [-0.15, -0.1) is 0 Å². The van der Waals surface area contributed by atoms with Crippen LogP contribution in [0.1, 0.15) is 26.7 Å². The molecule has 5 heteroatoms. The van der Waals surface area contributed by atoms with E-state index in [4.69, 9.17) is 10.5 Å². The molecular formula is C13H22N4O. The summed E-state index contributed by atoms with van der Waals surface area (Å²) in [4.78, 5) is 10.9. The van der Waals surface area contributed by atoms with Gasteiger partial charge in [-0.2, -0.15) is 4.98 Å². The van der Waals surface area contributed by atoms with Crippen molar-refractivity contribution < 1.29 is 4.74 Å². The van der Waals surface area contributed by atoms with Crippen LogP contribution in [-0.4, -0.2) is 35.7 Å². The molecule has 0 radical (unpaired) electrons. The van der Waals surface area contributed by atoms with Gasteiger partial charge in [-0.25, -0.2) is 4.98 Å². The van der Waals surface area contributed by atoms with E-state index in [9.17, 15) is 0 Å². The van der Waals surface area contributed by atoms with Crippen LogP contribution < -0.4 is 15.4 Å². The van der Waals surface area contributed by atoms with Crippen LogP contribution in [0.15, 0.2) is 12.3 Å². The Bertz CT molecular complexity index is 375. The highest BCUT2D eigenvalue weighted by molar-refractivity contribution is 5.33. The van der Waals surface area contributed by atoms with E-state index >= 15 is 0 Å². The fraction of sp³-hybridized carbons (Fsp3) is 0.692. The van der Waals surface area contributed by atoms with E-state index in [-0.39, 0.29) is 6.04 Å². The van der Waals surface area contributed by atoms with Gasteiger partial charge in [0, 0.05) is 31.4 Å². The van der Waals surface area contributed by atoms with Crippen LogP contribution in [0.4, 0.5) is 5.95 Å². The number of hydrogen-bond donors (Lipinski definition) is 1. The number of nitrogens with zero attached hydrogens (tertiary/aromatic N) is 3. The van der Waals surface area contributed by atoms with Gasteiger partial charge in [0.1, 0.15) is 0 Å². The molecule has 2 N–H and O–H groups in total. The molecule has 1 fully saturated rings. The Kier molecular flexibility index (Phi) is 4.36. The average molecular weight is 250 g/mol. The van der Waals surface area contributed by atoms with Gasteiger partial charge in [0.05, 0.1) is 6.61 Å². The van der Waals surface area contributed by atoms with Gasteiger partial charge in [0.2, 0.25) is 11.8 Å². The highest BCUT2D eigenvalue weighted by atomic mass is 16.5. The van der Waals surface area contributed by atoms with Crippen LogP contribution in [-0.2, 0) is 0 Å². The molecule has 1 aliphatic heterocycles. The lowest BCUT2D eigenvalue weighted by Crippen LogP contribution is -2.47. The summed E-state index contributed by atoms with van der Waals surface area (Å²) in [5, 5.41) is 0. The van der Waals surface area contributed by atoms with Crippen LogP contribution >= 0.6 is 0 Å². The van der Waals surface area contributed by atoms with Crippen molar-refractivity contribution in [1.82, 2.24) is 9.97 Å². The number of hydrogen-bond acceptors (Lipinski definition) is 5. The molecule has 18 heavy (non-hydrogen) atoms. The second-order valence-electron chi connectivity index (χ2n) is 5.05. The number of rotatable bonds is 4. The molecule has 1 aromatic heterocycles. The molecule has 0 amide bonds. The Balaban J connectivity index is 2.07. The lowest BCUT2D eigenvalue weighted by atomic mass is 9.97. The maximum absolute atomic E-state index is 6.04. The first-order chi connectivity index (χ1) is 8.69. The Morgan fingerprint density at radius 3 is 3.06 bits per heavy atom. The van der Waals surface area contributed by atoms with Crippen molar-refractivity contribution in [1.29, 1.82) is 0 Å². The minimum absolute atomic E-state index is 0.206. The summed E-state index contributed by atoms with van der Waals surface area (Å²) in [6, 6.07) is 2.00. The van der Waals surface area contributed by atoms with Crippen LogP contribution in [0.5, 0.6) is 5.88 Å². The van der Waals surface area contributed by atoms with Crippen molar-refractivity contribution in [2.75, 3.05) is 24.6 Å². The predicted octanol–water partition coefficient (Wildman–Crippen LogP) is 1.44. The molecule has 0 aliphatic carbocycles. The monoisotopic (exact) mass is 250 g/mol.